The van der Waals surface area contributed by atoms with E-state index in [2.05, 4.69) is 20.8 Å². The Balaban J connectivity index is 1.62. The zero-order valence-corrected chi connectivity index (χ0v) is 17.4. The quantitative estimate of drug-likeness (QED) is 0.511. The fraction of sp³-hybridized carbons (Fsp3) is 0.200. The molecule has 1 heterocycles. The number of carbonyl (C=O) groups excluding carboxylic acids is 2. The molecule has 2 amide bonds. The third-order valence-electron chi connectivity index (χ3n) is 3.58. The molecule has 0 aliphatic carbocycles. The van der Waals surface area contributed by atoms with E-state index in [0.29, 0.717) is 33.6 Å². The number of nitrogens with two attached hydrogens (primary N) is 1. The van der Waals surface area contributed by atoms with E-state index in [1.165, 1.54) is 22.9 Å². The van der Waals surface area contributed by atoms with Gasteiger partial charge < -0.3 is 15.2 Å². The number of hydrogen-bond acceptors (Lipinski definition) is 8. The first kappa shape index (κ1) is 21.1. The lowest BCUT2D eigenvalue weighted by Gasteiger charge is -2.19. The Morgan fingerprint density at radius 1 is 1.07 bits per heavy atom. The highest BCUT2D eigenvalue weighted by atomic mass is 32.1. The van der Waals surface area contributed by atoms with Gasteiger partial charge in [-0.3, -0.25) is 15.4 Å². The van der Waals surface area contributed by atoms with E-state index < -0.39 is 11.7 Å². The minimum atomic E-state index is -0.578. The van der Waals surface area contributed by atoms with Crippen molar-refractivity contribution in [1.82, 2.24) is 10.2 Å². The molecule has 2 aromatic carbocycles. The van der Waals surface area contributed by atoms with Crippen LogP contribution in [0.1, 0.15) is 31.1 Å². The standard InChI is InChI=1S/C20H21N5O4S/c1-20(2,3)29-19(27)23-13-5-7-14(8-6-13)28-16-9-4-12(10-15(16)21)17(26)24-18-25-22-11-30-18/h4-11H,21H2,1-3H3,(H,23,27)(H,24,25,26). The van der Waals surface area contributed by atoms with Crippen LogP contribution < -0.4 is 21.1 Å². The van der Waals surface area contributed by atoms with Crippen LogP contribution in [-0.2, 0) is 4.74 Å². The van der Waals surface area contributed by atoms with Crippen molar-refractivity contribution < 1.29 is 19.1 Å². The Kier molecular flexibility index (Phi) is 6.17. The van der Waals surface area contributed by atoms with Crippen molar-refractivity contribution in [2.75, 3.05) is 16.4 Å². The van der Waals surface area contributed by atoms with Gasteiger partial charge in [-0.1, -0.05) is 11.3 Å². The van der Waals surface area contributed by atoms with E-state index in [0.717, 1.165) is 0 Å². The minimum Gasteiger partial charge on any atom is -0.455 e. The molecule has 4 N–H and O–H groups in total. The van der Waals surface area contributed by atoms with Gasteiger partial charge in [0.05, 0.1) is 5.69 Å². The van der Waals surface area contributed by atoms with Crippen LogP contribution in [0.15, 0.2) is 48.0 Å². The molecule has 0 saturated carbocycles. The third-order valence-corrected chi connectivity index (χ3v) is 4.19. The van der Waals surface area contributed by atoms with Gasteiger partial charge in [0, 0.05) is 11.3 Å². The van der Waals surface area contributed by atoms with Gasteiger partial charge in [-0.2, -0.15) is 0 Å². The van der Waals surface area contributed by atoms with Crippen molar-refractivity contribution in [2.24, 2.45) is 0 Å². The molecular formula is C20H21N5O4S. The Hall–Kier alpha value is -3.66. The highest BCUT2D eigenvalue weighted by molar-refractivity contribution is 7.13. The summed E-state index contributed by atoms with van der Waals surface area (Å²) in [7, 11) is 0. The van der Waals surface area contributed by atoms with Gasteiger partial charge in [0.1, 0.15) is 22.6 Å². The number of nitrogens with one attached hydrogen (secondary N) is 2. The molecular weight excluding hydrogens is 406 g/mol. The Morgan fingerprint density at radius 3 is 2.40 bits per heavy atom. The summed E-state index contributed by atoms with van der Waals surface area (Å²) >= 11 is 1.22. The average molecular weight is 427 g/mol. The summed E-state index contributed by atoms with van der Waals surface area (Å²) in [4.78, 5) is 24.0. The van der Waals surface area contributed by atoms with E-state index in [9.17, 15) is 9.59 Å². The molecule has 3 rings (SSSR count). The van der Waals surface area contributed by atoms with E-state index in [1.807, 2.05) is 0 Å². The average Bonchev–Trinajstić information content (AvgIpc) is 3.16. The van der Waals surface area contributed by atoms with Crippen molar-refractivity contribution in [3.63, 3.8) is 0 Å². The second kappa shape index (κ2) is 8.78. The third kappa shape index (κ3) is 5.92. The Bertz CT molecular complexity index is 1030. The molecule has 0 aliphatic rings. The number of nitrogen functional groups attached to an aromatic ring is 1. The highest BCUT2D eigenvalue weighted by Gasteiger charge is 2.16. The van der Waals surface area contributed by atoms with Gasteiger partial charge in [-0.05, 0) is 63.2 Å². The van der Waals surface area contributed by atoms with Crippen molar-refractivity contribution in [1.29, 1.82) is 0 Å². The molecule has 1 aromatic heterocycles. The maximum atomic E-state index is 12.2. The predicted octanol–water partition coefficient (Wildman–Crippen LogP) is 4.51. The van der Waals surface area contributed by atoms with Crippen LogP contribution in [0, 0.1) is 0 Å². The second-order valence-electron chi connectivity index (χ2n) is 7.20. The summed E-state index contributed by atoms with van der Waals surface area (Å²) in [6.45, 7) is 5.37. The first-order valence-electron chi connectivity index (χ1n) is 8.94. The fourth-order valence-electron chi connectivity index (χ4n) is 2.33. The number of amides is 2. The number of nitrogens with zero attached hydrogens (tertiary/aromatic N) is 2. The van der Waals surface area contributed by atoms with Crippen molar-refractivity contribution in [3.05, 3.63) is 53.5 Å². The van der Waals surface area contributed by atoms with Crippen LogP contribution in [0.25, 0.3) is 0 Å². The maximum Gasteiger partial charge on any atom is 0.412 e. The van der Waals surface area contributed by atoms with E-state index in [-0.39, 0.29) is 5.91 Å². The largest absolute Gasteiger partial charge is 0.455 e. The number of ether oxygens (including phenoxy) is 2. The van der Waals surface area contributed by atoms with Gasteiger partial charge in [0.2, 0.25) is 5.13 Å². The lowest BCUT2D eigenvalue weighted by molar-refractivity contribution is 0.0635. The SMILES string of the molecule is CC(C)(C)OC(=O)Nc1ccc(Oc2ccc(C(=O)Nc3nncs3)cc2N)cc1. The molecule has 30 heavy (non-hydrogen) atoms. The van der Waals surface area contributed by atoms with E-state index in [1.54, 1.807) is 57.2 Å². The molecule has 156 valence electrons. The van der Waals surface area contributed by atoms with Crippen molar-refractivity contribution in [3.8, 4) is 11.5 Å². The maximum absolute atomic E-state index is 12.2. The van der Waals surface area contributed by atoms with Crippen LogP contribution in [0.3, 0.4) is 0 Å². The molecule has 0 unspecified atom stereocenters. The smallest absolute Gasteiger partial charge is 0.412 e. The van der Waals surface area contributed by atoms with E-state index >= 15 is 0 Å². The van der Waals surface area contributed by atoms with Crippen LogP contribution in [0.5, 0.6) is 11.5 Å². The topological polar surface area (TPSA) is 128 Å². The summed E-state index contributed by atoms with van der Waals surface area (Å²) < 4.78 is 11.0. The summed E-state index contributed by atoms with van der Waals surface area (Å²) in [6, 6.07) is 11.4. The normalized spacial score (nSPS) is 10.9. The summed E-state index contributed by atoms with van der Waals surface area (Å²) in [5.74, 6) is 0.570. The zero-order valence-electron chi connectivity index (χ0n) is 16.6. The zero-order chi connectivity index (χ0) is 21.7. The minimum absolute atomic E-state index is 0.302. The fourth-order valence-corrected chi connectivity index (χ4v) is 2.77. The highest BCUT2D eigenvalue weighted by Crippen LogP contribution is 2.29. The van der Waals surface area contributed by atoms with Crippen LogP contribution in [0.2, 0.25) is 0 Å². The molecule has 0 bridgehead atoms. The Labute approximate surface area is 177 Å². The van der Waals surface area contributed by atoms with Crippen LogP contribution in [-0.4, -0.2) is 27.8 Å². The monoisotopic (exact) mass is 427 g/mol. The number of anilines is 3. The van der Waals surface area contributed by atoms with Gasteiger partial charge >= 0.3 is 6.09 Å². The number of hydrogen-bond donors (Lipinski definition) is 3. The molecule has 10 heteroatoms. The molecule has 9 nitrogen and oxygen atoms in total. The van der Waals surface area contributed by atoms with Gasteiger partial charge in [-0.25, -0.2) is 4.79 Å². The molecule has 3 aromatic rings. The summed E-state index contributed by atoms with van der Waals surface area (Å²) in [5.41, 5.74) is 8.21. The van der Waals surface area contributed by atoms with Crippen molar-refractivity contribution >= 4 is 39.8 Å². The molecule has 0 atom stereocenters. The number of benzene rings is 2. The molecule has 0 spiro atoms. The first-order valence-corrected chi connectivity index (χ1v) is 9.82. The van der Waals surface area contributed by atoms with Crippen molar-refractivity contribution in [2.45, 2.75) is 26.4 Å². The lowest BCUT2D eigenvalue weighted by Crippen LogP contribution is -2.27. The van der Waals surface area contributed by atoms with Gasteiger partial charge in [0.15, 0.2) is 0 Å². The number of aromatic nitrogens is 2. The van der Waals surface area contributed by atoms with E-state index in [4.69, 9.17) is 15.2 Å². The van der Waals surface area contributed by atoms with Crippen LogP contribution in [0.4, 0.5) is 21.3 Å². The molecule has 0 saturated heterocycles. The first-order chi connectivity index (χ1) is 14.2. The van der Waals surface area contributed by atoms with Crippen LogP contribution >= 0.6 is 11.3 Å². The lowest BCUT2D eigenvalue weighted by atomic mass is 10.1. The second-order valence-corrected chi connectivity index (χ2v) is 8.04. The number of rotatable bonds is 5. The molecule has 0 aliphatic heterocycles. The van der Waals surface area contributed by atoms with Gasteiger partial charge in [-0.15, -0.1) is 10.2 Å². The predicted molar refractivity (Wildman–Crippen MR) is 115 cm³/mol. The number of carbonyl (C=O) groups is 2. The molecule has 0 radical (unpaired) electrons. The Morgan fingerprint density at radius 2 is 1.80 bits per heavy atom. The molecule has 0 fully saturated rings. The van der Waals surface area contributed by atoms with Gasteiger partial charge in [0.25, 0.3) is 5.91 Å². The summed E-state index contributed by atoms with van der Waals surface area (Å²) in [6.07, 6.45) is -0.539. The summed E-state index contributed by atoms with van der Waals surface area (Å²) in [5, 5.41) is 13.1.